The summed E-state index contributed by atoms with van der Waals surface area (Å²) in [4.78, 5) is 11.1. The fraction of sp³-hybridized carbons (Fsp3) is 0.889. The molecule has 0 N–H and O–H groups in total. The molecule has 0 aromatic carbocycles. The molecule has 0 spiro atoms. The van der Waals surface area contributed by atoms with Gasteiger partial charge in [-0.3, -0.25) is 4.79 Å². The van der Waals surface area contributed by atoms with Crippen molar-refractivity contribution in [2.24, 2.45) is 5.92 Å². The Kier molecular flexibility index (Phi) is 5.90. The van der Waals surface area contributed by atoms with Gasteiger partial charge in [0.15, 0.2) is 0 Å². The van der Waals surface area contributed by atoms with E-state index in [-0.39, 0.29) is 11.9 Å². The molecule has 0 aliphatic rings. The van der Waals surface area contributed by atoms with Crippen LogP contribution in [0.5, 0.6) is 0 Å². The van der Waals surface area contributed by atoms with Gasteiger partial charge in [-0.2, -0.15) is 0 Å². The van der Waals surface area contributed by atoms with E-state index >= 15 is 0 Å². The lowest BCUT2D eigenvalue weighted by Crippen LogP contribution is -2.14. The summed E-state index contributed by atoms with van der Waals surface area (Å²) in [5.74, 6) is 0.0280. The molecule has 0 aliphatic heterocycles. The fourth-order valence-corrected chi connectivity index (χ4v) is 0.896. The average Bonchev–Trinajstić information content (AvgIpc) is 2.00. The van der Waals surface area contributed by atoms with Crippen molar-refractivity contribution in [1.29, 1.82) is 0 Å². The molecule has 0 bridgehead atoms. The van der Waals surface area contributed by atoms with Gasteiger partial charge in [-0.1, -0.05) is 27.2 Å². The van der Waals surface area contributed by atoms with Crippen molar-refractivity contribution in [1.82, 2.24) is 0 Å². The molecule has 1 unspecified atom stereocenters. The van der Waals surface area contributed by atoms with Crippen LogP contribution >= 0.6 is 0 Å². The van der Waals surface area contributed by atoms with Crippen LogP contribution in [0.2, 0.25) is 0 Å². The Labute approximate surface area is 68.9 Å². The molecular formula is C9H18O2. The highest BCUT2D eigenvalue weighted by atomic mass is 16.5. The second-order valence-corrected chi connectivity index (χ2v) is 2.86. The molecule has 2 heteroatoms. The summed E-state index contributed by atoms with van der Waals surface area (Å²) in [5, 5.41) is 0. The van der Waals surface area contributed by atoms with Crippen LogP contribution < -0.4 is 0 Å². The van der Waals surface area contributed by atoms with Crippen molar-refractivity contribution in [3.63, 3.8) is 0 Å². The lowest BCUT2D eigenvalue weighted by atomic mass is 10.1. The monoisotopic (exact) mass is 158 g/mol. The van der Waals surface area contributed by atoms with Crippen molar-refractivity contribution in [3.8, 4) is 0 Å². The van der Waals surface area contributed by atoms with Gasteiger partial charge < -0.3 is 4.74 Å². The summed E-state index contributed by atoms with van der Waals surface area (Å²) in [5.41, 5.74) is 0. The van der Waals surface area contributed by atoms with Gasteiger partial charge in [-0.05, 0) is 12.8 Å². The highest BCUT2D eigenvalue weighted by molar-refractivity contribution is 5.71. The Morgan fingerprint density at radius 1 is 1.36 bits per heavy atom. The largest absolute Gasteiger partial charge is 0.465 e. The molecule has 0 heterocycles. The molecule has 0 saturated heterocycles. The van der Waals surface area contributed by atoms with E-state index in [0.29, 0.717) is 6.61 Å². The summed E-state index contributed by atoms with van der Waals surface area (Å²) in [6.07, 6.45) is 2.88. The maximum atomic E-state index is 11.1. The normalized spacial score (nSPS) is 12.6. The number of carbonyl (C=O) groups excluding carboxylic acids is 1. The van der Waals surface area contributed by atoms with E-state index in [0.717, 1.165) is 19.3 Å². The average molecular weight is 158 g/mol. The second-order valence-electron chi connectivity index (χ2n) is 2.86. The van der Waals surface area contributed by atoms with Crippen LogP contribution in [0.15, 0.2) is 0 Å². The van der Waals surface area contributed by atoms with Crippen LogP contribution in [0.1, 0.15) is 40.0 Å². The van der Waals surface area contributed by atoms with Gasteiger partial charge in [0.1, 0.15) is 0 Å². The molecule has 0 aromatic heterocycles. The number of hydrogen-bond acceptors (Lipinski definition) is 2. The SMILES string of the molecule is CCCOC(=O)C(C)CCC. The lowest BCUT2D eigenvalue weighted by molar-refractivity contribution is -0.148. The van der Waals surface area contributed by atoms with Crippen LogP contribution in [0.4, 0.5) is 0 Å². The predicted molar refractivity (Wildman–Crippen MR) is 45.3 cm³/mol. The third-order valence-corrected chi connectivity index (χ3v) is 1.57. The third-order valence-electron chi connectivity index (χ3n) is 1.57. The van der Waals surface area contributed by atoms with Crippen molar-refractivity contribution in [2.45, 2.75) is 40.0 Å². The lowest BCUT2D eigenvalue weighted by Gasteiger charge is -2.08. The van der Waals surface area contributed by atoms with E-state index in [9.17, 15) is 4.79 Å². The minimum atomic E-state index is -0.0475. The third kappa shape index (κ3) is 4.82. The zero-order valence-electron chi connectivity index (χ0n) is 7.72. The smallest absolute Gasteiger partial charge is 0.308 e. The first-order chi connectivity index (χ1) is 5.22. The Morgan fingerprint density at radius 3 is 2.45 bits per heavy atom. The molecule has 0 fully saturated rings. The minimum absolute atomic E-state index is 0.0475. The molecule has 2 nitrogen and oxygen atoms in total. The Hall–Kier alpha value is -0.530. The molecule has 0 aromatic rings. The van der Waals surface area contributed by atoms with Gasteiger partial charge >= 0.3 is 5.97 Å². The van der Waals surface area contributed by atoms with E-state index in [4.69, 9.17) is 4.74 Å². The quantitative estimate of drug-likeness (QED) is 0.574. The van der Waals surface area contributed by atoms with Crippen molar-refractivity contribution in [3.05, 3.63) is 0 Å². The number of hydrogen-bond donors (Lipinski definition) is 0. The van der Waals surface area contributed by atoms with Gasteiger partial charge in [-0.15, -0.1) is 0 Å². The van der Waals surface area contributed by atoms with Gasteiger partial charge in [0.05, 0.1) is 12.5 Å². The van der Waals surface area contributed by atoms with Crippen molar-refractivity contribution >= 4 is 5.97 Å². The van der Waals surface area contributed by atoms with Crippen LogP contribution in [0.3, 0.4) is 0 Å². The summed E-state index contributed by atoms with van der Waals surface area (Å²) in [6.45, 7) is 6.55. The Balaban J connectivity index is 3.47. The van der Waals surface area contributed by atoms with Crippen molar-refractivity contribution in [2.75, 3.05) is 6.61 Å². The predicted octanol–water partition coefficient (Wildman–Crippen LogP) is 2.38. The first-order valence-electron chi connectivity index (χ1n) is 4.39. The summed E-state index contributed by atoms with van der Waals surface area (Å²) in [6, 6.07) is 0. The molecular weight excluding hydrogens is 140 g/mol. The highest BCUT2D eigenvalue weighted by Gasteiger charge is 2.11. The van der Waals surface area contributed by atoms with E-state index in [2.05, 4.69) is 6.92 Å². The number of ether oxygens (including phenoxy) is 1. The van der Waals surface area contributed by atoms with Gasteiger partial charge in [0, 0.05) is 0 Å². The Morgan fingerprint density at radius 2 is 2.00 bits per heavy atom. The topological polar surface area (TPSA) is 26.3 Å². The van der Waals surface area contributed by atoms with Gasteiger partial charge in [0.2, 0.25) is 0 Å². The van der Waals surface area contributed by atoms with Gasteiger partial charge in [-0.25, -0.2) is 0 Å². The van der Waals surface area contributed by atoms with Crippen LogP contribution in [-0.2, 0) is 9.53 Å². The van der Waals surface area contributed by atoms with E-state index in [1.54, 1.807) is 0 Å². The molecule has 11 heavy (non-hydrogen) atoms. The molecule has 0 saturated carbocycles. The molecule has 0 radical (unpaired) electrons. The van der Waals surface area contributed by atoms with Gasteiger partial charge in [0.25, 0.3) is 0 Å². The molecule has 0 amide bonds. The zero-order chi connectivity index (χ0) is 8.69. The zero-order valence-corrected chi connectivity index (χ0v) is 7.72. The molecule has 1 atom stereocenters. The number of carbonyl (C=O) groups is 1. The number of rotatable bonds is 5. The molecule has 66 valence electrons. The summed E-state index contributed by atoms with van der Waals surface area (Å²) in [7, 11) is 0. The summed E-state index contributed by atoms with van der Waals surface area (Å²) >= 11 is 0. The van der Waals surface area contributed by atoms with Crippen LogP contribution in [-0.4, -0.2) is 12.6 Å². The first kappa shape index (κ1) is 10.5. The van der Waals surface area contributed by atoms with E-state index in [1.165, 1.54) is 0 Å². The first-order valence-corrected chi connectivity index (χ1v) is 4.39. The Bertz CT molecular complexity index is 110. The fourth-order valence-electron chi connectivity index (χ4n) is 0.896. The highest BCUT2D eigenvalue weighted by Crippen LogP contribution is 2.06. The standard InChI is InChI=1S/C9H18O2/c1-4-6-8(3)9(10)11-7-5-2/h8H,4-7H2,1-3H3. The minimum Gasteiger partial charge on any atom is -0.465 e. The number of esters is 1. The van der Waals surface area contributed by atoms with E-state index in [1.807, 2.05) is 13.8 Å². The van der Waals surface area contributed by atoms with Crippen molar-refractivity contribution < 1.29 is 9.53 Å². The second kappa shape index (κ2) is 6.20. The maximum absolute atomic E-state index is 11.1. The summed E-state index contributed by atoms with van der Waals surface area (Å²) < 4.78 is 4.97. The maximum Gasteiger partial charge on any atom is 0.308 e. The molecule has 0 rings (SSSR count). The molecule has 0 aliphatic carbocycles. The van der Waals surface area contributed by atoms with E-state index < -0.39 is 0 Å². The van der Waals surface area contributed by atoms with Crippen LogP contribution in [0.25, 0.3) is 0 Å². The van der Waals surface area contributed by atoms with Crippen LogP contribution in [0, 0.1) is 5.92 Å².